The molecule has 0 N–H and O–H groups in total. The highest BCUT2D eigenvalue weighted by atomic mass is 13.9. The van der Waals surface area contributed by atoms with Crippen LogP contribution in [0.5, 0.6) is 0 Å². The Bertz CT molecular complexity index is 246. The van der Waals surface area contributed by atoms with Crippen molar-refractivity contribution in [2.45, 2.75) is 41.5 Å². The Morgan fingerprint density at radius 1 is 1.07 bits per heavy atom. The maximum absolute atomic E-state index is 2.21. The monoisotopic (exact) mass is 192 g/mol. The highest BCUT2D eigenvalue weighted by molar-refractivity contribution is 5.23. The number of hydrogen-bond donors (Lipinski definition) is 0. The summed E-state index contributed by atoms with van der Waals surface area (Å²) in [6, 6.07) is 0. The van der Waals surface area contributed by atoms with Crippen molar-refractivity contribution in [3.63, 3.8) is 0 Å². The highest BCUT2D eigenvalue weighted by Gasteiger charge is 1.86. The standard InChI is InChI=1S/2C6H8.2CH4/c2*1-6-4-2-3-5-6;;/h2,4-5H,3H2,1H3;2-4H,5H2,1H3;2*1H4. The summed E-state index contributed by atoms with van der Waals surface area (Å²) >= 11 is 0. The van der Waals surface area contributed by atoms with Crippen molar-refractivity contribution < 1.29 is 0 Å². The summed E-state index contributed by atoms with van der Waals surface area (Å²) in [6.07, 6.45) is 15.2. The topological polar surface area (TPSA) is 0 Å². The van der Waals surface area contributed by atoms with Gasteiger partial charge in [-0.1, -0.05) is 62.5 Å². The number of rotatable bonds is 0. The first-order chi connectivity index (χ1) is 5.79. The molecule has 0 fully saturated rings. The summed E-state index contributed by atoms with van der Waals surface area (Å²) in [6.45, 7) is 4.25. The first-order valence-corrected chi connectivity index (χ1v) is 4.44. The van der Waals surface area contributed by atoms with E-state index < -0.39 is 0 Å². The average Bonchev–Trinajstić information content (AvgIpc) is 2.63. The summed E-state index contributed by atoms with van der Waals surface area (Å²) in [5.74, 6) is 0. The third-order valence-corrected chi connectivity index (χ3v) is 1.91. The van der Waals surface area contributed by atoms with Crippen molar-refractivity contribution in [2.24, 2.45) is 0 Å². The fraction of sp³-hybridized carbons (Fsp3) is 0.429. The van der Waals surface area contributed by atoms with Crippen molar-refractivity contribution in [3.05, 3.63) is 47.6 Å². The molecule has 0 radical (unpaired) electrons. The van der Waals surface area contributed by atoms with Crippen LogP contribution in [0.3, 0.4) is 0 Å². The van der Waals surface area contributed by atoms with Crippen molar-refractivity contribution >= 4 is 0 Å². The molecular weight excluding hydrogens is 168 g/mol. The Morgan fingerprint density at radius 2 is 1.79 bits per heavy atom. The number of hydrogen-bond acceptors (Lipinski definition) is 0. The lowest BCUT2D eigenvalue weighted by atomic mass is 10.3. The van der Waals surface area contributed by atoms with Gasteiger partial charge in [-0.3, -0.25) is 0 Å². The second-order valence-corrected chi connectivity index (χ2v) is 3.23. The fourth-order valence-electron chi connectivity index (χ4n) is 1.13. The van der Waals surface area contributed by atoms with Gasteiger partial charge in [0.25, 0.3) is 0 Å². The smallest absolute Gasteiger partial charge is 0.0135 e. The molecule has 0 bridgehead atoms. The van der Waals surface area contributed by atoms with Crippen LogP contribution in [-0.2, 0) is 0 Å². The summed E-state index contributed by atoms with van der Waals surface area (Å²) in [5, 5.41) is 0. The summed E-state index contributed by atoms with van der Waals surface area (Å²) in [7, 11) is 0. The largest absolute Gasteiger partial charge is 0.0805 e. The van der Waals surface area contributed by atoms with E-state index in [0.717, 1.165) is 6.42 Å². The molecule has 0 heterocycles. The molecule has 14 heavy (non-hydrogen) atoms. The SMILES string of the molecule is C.C.CC1=CC=CC1.CC1=CCC=C1. The van der Waals surface area contributed by atoms with E-state index in [0.29, 0.717) is 0 Å². The predicted octanol–water partition coefficient (Wildman–Crippen LogP) is 5.06. The molecule has 0 saturated heterocycles. The van der Waals surface area contributed by atoms with Gasteiger partial charge in [0.05, 0.1) is 0 Å². The Balaban J connectivity index is 0. The van der Waals surface area contributed by atoms with Gasteiger partial charge in [-0.25, -0.2) is 0 Å². The molecule has 0 atom stereocenters. The van der Waals surface area contributed by atoms with Crippen LogP contribution in [0.4, 0.5) is 0 Å². The van der Waals surface area contributed by atoms with Crippen molar-refractivity contribution in [1.82, 2.24) is 0 Å². The second kappa shape index (κ2) is 8.55. The molecule has 0 heteroatoms. The highest BCUT2D eigenvalue weighted by Crippen LogP contribution is 2.06. The minimum atomic E-state index is 0. The maximum Gasteiger partial charge on any atom is -0.0135 e. The molecular formula is C14H24. The number of allylic oxidation sites excluding steroid dienone is 8. The van der Waals surface area contributed by atoms with E-state index >= 15 is 0 Å². The first-order valence-electron chi connectivity index (χ1n) is 4.44. The van der Waals surface area contributed by atoms with Gasteiger partial charge >= 0.3 is 0 Å². The van der Waals surface area contributed by atoms with E-state index in [2.05, 4.69) is 50.3 Å². The zero-order valence-electron chi connectivity index (χ0n) is 7.88. The minimum absolute atomic E-state index is 0. The molecule has 0 unspecified atom stereocenters. The second-order valence-electron chi connectivity index (χ2n) is 3.23. The van der Waals surface area contributed by atoms with E-state index in [1.807, 2.05) is 0 Å². The lowest BCUT2D eigenvalue weighted by Crippen LogP contribution is -1.58. The van der Waals surface area contributed by atoms with Crippen molar-refractivity contribution in [3.8, 4) is 0 Å². The van der Waals surface area contributed by atoms with Crippen molar-refractivity contribution in [1.29, 1.82) is 0 Å². The van der Waals surface area contributed by atoms with Crippen LogP contribution in [0.2, 0.25) is 0 Å². The average molecular weight is 192 g/mol. The van der Waals surface area contributed by atoms with E-state index in [-0.39, 0.29) is 14.9 Å². The van der Waals surface area contributed by atoms with Gasteiger partial charge in [0.15, 0.2) is 0 Å². The van der Waals surface area contributed by atoms with E-state index in [1.54, 1.807) is 0 Å². The molecule has 0 aliphatic heterocycles. The van der Waals surface area contributed by atoms with Gasteiger partial charge in [0.1, 0.15) is 0 Å². The van der Waals surface area contributed by atoms with Gasteiger partial charge in [-0.2, -0.15) is 0 Å². The van der Waals surface area contributed by atoms with Crippen molar-refractivity contribution in [2.75, 3.05) is 0 Å². The van der Waals surface area contributed by atoms with Crippen LogP contribution in [0, 0.1) is 0 Å². The zero-order valence-corrected chi connectivity index (χ0v) is 7.88. The van der Waals surface area contributed by atoms with Crippen LogP contribution in [-0.4, -0.2) is 0 Å². The Morgan fingerprint density at radius 3 is 1.93 bits per heavy atom. The molecule has 0 saturated carbocycles. The van der Waals surface area contributed by atoms with Crippen LogP contribution < -0.4 is 0 Å². The Hall–Kier alpha value is -1.04. The predicted molar refractivity (Wildman–Crippen MR) is 68.5 cm³/mol. The van der Waals surface area contributed by atoms with Gasteiger partial charge in [-0.05, 0) is 26.7 Å². The van der Waals surface area contributed by atoms with Gasteiger partial charge in [0.2, 0.25) is 0 Å². The molecule has 2 aliphatic carbocycles. The van der Waals surface area contributed by atoms with Crippen LogP contribution >= 0.6 is 0 Å². The third kappa shape index (κ3) is 6.47. The minimum Gasteiger partial charge on any atom is -0.0805 e. The van der Waals surface area contributed by atoms with Gasteiger partial charge in [-0.15, -0.1) is 0 Å². The summed E-state index contributed by atoms with van der Waals surface area (Å²) in [4.78, 5) is 0. The molecule has 0 spiro atoms. The fourth-order valence-corrected chi connectivity index (χ4v) is 1.13. The summed E-state index contributed by atoms with van der Waals surface area (Å²) in [5.41, 5.74) is 2.87. The summed E-state index contributed by atoms with van der Waals surface area (Å²) < 4.78 is 0. The van der Waals surface area contributed by atoms with Crippen LogP contribution in [0.25, 0.3) is 0 Å². The van der Waals surface area contributed by atoms with Crippen LogP contribution in [0.1, 0.15) is 41.5 Å². The molecule has 0 aromatic heterocycles. The third-order valence-electron chi connectivity index (χ3n) is 1.91. The lowest BCUT2D eigenvalue weighted by Gasteiger charge is -1.78. The zero-order chi connectivity index (χ0) is 8.81. The van der Waals surface area contributed by atoms with E-state index in [4.69, 9.17) is 0 Å². The van der Waals surface area contributed by atoms with Gasteiger partial charge in [0, 0.05) is 0 Å². The molecule has 0 aromatic rings. The molecule has 0 amide bonds. The Labute approximate surface area is 89.7 Å². The van der Waals surface area contributed by atoms with Gasteiger partial charge < -0.3 is 0 Å². The molecule has 80 valence electrons. The molecule has 2 aliphatic rings. The van der Waals surface area contributed by atoms with E-state index in [9.17, 15) is 0 Å². The van der Waals surface area contributed by atoms with E-state index in [1.165, 1.54) is 17.6 Å². The quantitative estimate of drug-likeness (QED) is 0.503. The maximum atomic E-state index is 2.21. The Kier molecular flexibility index (Phi) is 9.43. The van der Waals surface area contributed by atoms with Crippen LogP contribution in [0.15, 0.2) is 47.6 Å². The molecule has 2 rings (SSSR count). The lowest BCUT2D eigenvalue weighted by molar-refractivity contribution is 1.25. The molecule has 0 aromatic carbocycles. The first kappa shape index (κ1) is 15.4. The molecule has 0 nitrogen and oxygen atoms in total. The normalized spacial score (nSPS) is 15.9.